The van der Waals surface area contributed by atoms with Crippen LogP contribution in [-0.2, 0) is 11.2 Å². The van der Waals surface area contributed by atoms with Gasteiger partial charge in [-0.25, -0.2) is 0 Å². The summed E-state index contributed by atoms with van der Waals surface area (Å²) in [5, 5.41) is 14.3. The van der Waals surface area contributed by atoms with Gasteiger partial charge in [0.15, 0.2) is 0 Å². The summed E-state index contributed by atoms with van der Waals surface area (Å²) in [5.41, 5.74) is 0.931. The van der Waals surface area contributed by atoms with E-state index < -0.39 is 29.9 Å². The fraction of sp³-hybridized carbons (Fsp3) is 0.231. The fourth-order valence-electron chi connectivity index (χ4n) is 3.88. The third-order valence-electron chi connectivity index (χ3n) is 5.67. The first-order valence-electron chi connectivity index (χ1n) is 11.3. The number of aliphatic carboxylic acids is 1. The second-order valence-electron chi connectivity index (χ2n) is 8.26. The summed E-state index contributed by atoms with van der Waals surface area (Å²) in [5.74, 6) is -1.99. The molecule has 1 unspecified atom stereocenters. The third kappa shape index (κ3) is 8.18. The fourth-order valence-corrected chi connectivity index (χ4v) is 4.25. The van der Waals surface area contributed by atoms with Crippen molar-refractivity contribution in [2.75, 3.05) is 13.2 Å². The third-order valence-corrected chi connectivity index (χ3v) is 6.20. The Hall–Kier alpha value is -2.63. The number of hydrogen-bond donors (Lipinski definition) is 1. The summed E-state index contributed by atoms with van der Waals surface area (Å²) in [6, 6.07) is 12.9. The van der Waals surface area contributed by atoms with Crippen LogP contribution in [0.5, 0.6) is 23.0 Å². The molecule has 0 radical (unpaired) electrons. The van der Waals surface area contributed by atoms with Crippen molar-refractivity contribution in [3.8, 4) is 23.0 Å². The van der Waals surface area contributed by atoms with Gasteiger partial charge < -0.3 is 29.4 Å². The zero-order valence-electron chi connectivity index (χ0n) is 20.4. The molecule has 1 atom stereocenters. The normalized spacial score (nSPS) is 14.3. The number of nitrogens with one attached hydrogen (secondary N) is 1. The van der Waals surface area contributed by atoms with Crippen LogP contribution in [0.3, 0.4) is 0 Å². The molecule has 1 amide bonds. The van der Waals surface area contributed by atoms with Gasteiger partial charge >= 0.3 is 35.9 Å². The van der Waals surface area contributed by atoms with Crippen molar-refractivity contribution < 1.29 is 71.6 Å². The van der Waals surface area contributed by atoms with Crippen molar-refractivity contribution in [3.63, 3.8) is 0 Å². The van der Waals surface area contributed by atoms with Gasteiger partial charge in [0, 0.05) is 40.6 Å². The molecule has 39 heavy (non-hydrogen) atoms. The second-order valence-corrected chi connectivity index (χ2v) is 9.11. The number of alkyl halides is 3. The molecule has 0 saturated carbocycles. The zero-order valence-corrected chi connectivity index (χ0v) is 24.0. The monoisotopic (exact) mass is 591 g/mol. The number of carboxylic acid groups (broad SMARTS) is 1. The molecule has 0 bridgehead atoms. The molecular weight excluding hydrogens is 573 g/mol. The number of carbonyl (C=O) groups excluding carboxylic acids is 2. The van der Waals surface area contributed by atoms with E-state index in [4.69, 9.17) is 32.7 Å². The van der Waals surface area contributed by atoms with Crippen LogP contribution in [0.15, 0.2) is 54.6 Å². The first-order chi connectivity index (χ1) is 18.0. The van der Waals surface area contributed by atoms with Crippen molar-refractivity contribution in [3.05, 3.63) is 81.3 Å². The summed E-state index contributed by atoms with van der Waals surface area (Å²) < 4.78 is 53.3. The number of carbonyl (C=O) groups is 2. The van der Waals surface area contributed by atoms with E-state index in [2.05, 4.69) is 10.1 Å². The van der Waals surface area contributed by atoms with E-state index in [1.807, 2.05) is 0 Å². The molecule has 1 aliphatic heterocycles. The Balaban J connectivity index is 0.00000420. The van der Waals surface area contributed by atoms with Crippen LogP contribution >= 0.6 is 23.2 Å². The Bertz CT molecular complexity index is 1350. The minimum absolute atomic E-state index is 0. The number of rotatable bonds is 8. The predicted molar refractivity (Wildman–Crippen MR) is 130 cm³/mol. The van der Waals surface area contributed by atoms with Crippen LogP contribution in [-0.4, -0.2) is 31.4 Å². The average Bonchev–Trinajstić information content (AvgIpc) is 2.85. The summed E-state index contributed by atoms with van der Waals surface area (Å²) in [7, 11) is 0. The molecule has 1 heterocycles. The van der Waals surface area contributed by atoms with E-state index in [1.54, 1.807) is 0 Å². The molecule has 0 fully saturated rings. The van der Waals surface area contributed by atoms with Gasteiger partial charge in [-0.3, -0.25) is 4.79 Å². The van der Waals surface area contributed by atoms with Gasteiger partial charge in [-0.15, -0.1) is 13.2 Å². The van der Waals surface area contributed by atoms with E-state index in [0.29, 0.717) is 17.1 Å². The van der Waals surface area contributed by atoms with E-state index in [-0.39, 0.29) is 82.5 Å². The Morgan fingerprint density at radius 2 is 1.77 bits per heavy atom. The second kappa shape index (κ2) is 13.1. The van der Waals surface area contributed by atoms with Gasteiger partial charge in [0.2, 0.25) is 0 Å². The van der Waals surface area contributed by atoms with Gasteiger partial charge in [0.05, 0.1) is 11.6 Å². The largest absolute Gasteiger partial charge is 1.00 e. The maximum atomic E-state index is 12.7. The van der Waals surface area contributed by atoms with Gasteiger partial charge in [-0.1, -0.05) is 29.3 Å². The first-order valence-corrected chi connectivity index (χ1v) is 12.0. The standard InChI is InChI=1S/C26H20Cl2F3NO6.Na/c27-16-4-1-14(21(11-16)38-26(29,30)31)7-9-32-24(33)15-2-5-17(6-3-15)37-23-13-22-19(12-20(23)28)18(25(34)35)8-10-36-22;/h1-6,11-13,18H,7-10H2,(H,32,33)(H,34,35);/q;+1/p-1. The molecule has 4 rings (SSSR count). The van der Waals surface area contributed by atoms with Crippen molar-refractivity contribution >= 4 is 35.1 Å². The maximum Gasteiger partial charge on any atom is 1.00 e. The Kier molecular flexibility index (Phi) is 10.4. The van der Waals surface area contributed by atoms with Crippen molar-refractivity contribution in [1.82, 2.24) is 5.32 Å². The number of benzene rings is 3. The van der Waals surface area contributed by atoms with Gasteiger partial charge in [0.1, 0.15) is 23.0 Å². The van der Waals surface area contributed by atoms with Crippen LogP contribution in [0.2, 0.25) is 10.0 Å². The molecule has 200 valence electrons. The molecule has 1 aliphatic rings. The SMILES string of the molecule is O=C(NCCc1ccc(Cl)cc1OC(F)(F)F)c1ccc(Oc2cc3c(cc2Cl)C(C(=O)[O-])CCO3)cc1.[Na+]. The molecule has 0 aliphatic carbocycles. The van der Waals surface area contributed by atoms with E-state index in [1.165, 1.54) is 48.5 Å². The maximum absolute atomic E-state index is 12.7. The van der Waals surface area contributed by atoms with Crippen LogP contribution in [0.1, 0.15) is 33.8 Å². The van der Waals surface area contributed by atoms with E-state index in [9.17, 15) is 27.9 Å². The van der Waals surface area contributed by atoms with Crippen molar-refractivity contribution in [2.24, 2.45) is 0 Å². The van der Waals surface area contributed by atoms with E-state index in [0.717, 1.165) is 6.07 Å². The van der Waals surface area contributed by atoms with Gasteiger partial charge in [-0.2, -0.15) is 0 Å². The molecule has 7 nitrogen and oxygen atoms in total. The minimum Gasteiger partial charge on any atom is -0.549 e. The Morgan fingerprint density at radius 3 is 2.44 bits per heavy atom. The van der Waals surface area contributed by atoms with Crippen LogP contribution in [0.4, 0.5) is 13.2 Å². The molecule has 13 heteroatoms. The molecule has 3 aromatic carbocycles. The zero-order chi connectivity index (χ0) is 27.4. The van der Waals surface area contributed by atoms with Crippen molar-refractivity contribution in [1.29, 1.82) is 0 Å². The van der Waals surface area contributed by atoms with Crippen LogP contribution < -0.4 is 54.2 Å². The number of fused-ring (bicyclic) bond motifs is 1. The number of ether oxygens (including phenoxy) is 3. The Morgan fingerprint density at radius 1 is 1.05 bits per heavy atom. The van der Waals surface area contributed by atoms with Crippen LogP contribution in [0, 0.1) is 0 Å². The minimum atomic E-state index is -4.87. The van der Waals surface area contributed by atoms with Gasteiger partial charge in [-0.05, 0) is 60.9 Å². The average molecular weight is 592 g/mol. The topological polar surface area (TPSA) is 96.9 Å². The van der Waals surface area contributed by atoms with E-state index >= 15 is 0 Å². The number of hydrogen-bond acceptors (Lipinski definition) is 6. The summed E-state index contributed by atoms with van der Waals surface area (Å²) in [6.07, 6.45) is -4.52. The first kappa shape index (κ1) is 30.9. The molecule has 0 aromatic heterocycles. The summed E-state index contributed by atoms with van der Waals surface area (Å²) in [4.78, 5) is 23.9. The van der Waals surface area contributed by atoms with Gasteiger partial charge in [0.25, 0.3) is 5.91 Å². The molecule has 1 N–H and O–H groups in total. The summed E-state index contributed by atoms with van der Waals surface area (Å²) in [6.45, 7) is 0.260. The molecule has 3 aromatic rings. The smallest absolute Gasteiger partial charge is 0.549 e. The molecular formula is C26H19Cl2F3NNaO6. The van der Waals surface area contributed by atoms with Crippen molar-refractivity contribution in [2.45, 2.75) is 25.1 Å². The quantitative estimate of drug-likeness (QED) is 0.404. The summed E-state index contributed by atoms with van der Waals surface area (Å²) >= 11 is 12.1. The number of halogens is 5. The Labute approximate surface area is 253 Å². The predicted octanol–water partition coefficient (Wildman–Crippen LogP) is 2.28. The molecule has 0 spiro atoms. The number of carboxylic acids is 1. The number of amides is 1. The van der Waals surface area contributed by atoms with Crippen LogP contribution in [0.25, 0.3) is 0 Å². The molecule has 0 saturated heterocycles.